The molecular formula is C27H38N2O. The van der Waals surface area contributed by atoms with Crippen LogP contribution in [0.3, 0.4) is 0 Å². The highest BCUT2D eigenvalue weighted by atomic mass is 16.2. The SMILES string of the molecule is CCCCCC(=O)N(C)C1CCN(CCC(c2ccccc2)c2ccccc2)CC1. The molecule has 1 heterocycles. The van der Waals surface area contributed by atoms with E-state index in [4.69, 9.17) is 0 Å². The van der Waals surface area contributed by atoms with E-state index in [1.54, 1.807) is 0 Å². The van der Waals surface area contributed by atoms with Gasteiger partial charge < -0.3 is 9.80 Å². The van der Waals surface area contributed by atoms with Crippen molar-refractivity contribution in [3.63, 3.8) is 0 Å². The second-order valence-electron chi connectivity index (χ2n) is 8.70. The van der Waals surface area contributed by atoms with Gasteiger partial charge in [0.15, 0.2) is 0 Å². The van der Waals surface area contributed by atoms with Crippen molar-refractivity contribution in [2.45, 2.75) is 63.8 Å². The number of carbonyl (C=O) groups excluding carboxylic acids is 1. The van der Waals surface area contributed by atoms with Gasteiger partial charge in [-0.25, -0.2) is 0 Å². The first-order valence-corrected chi connectivity index (χ1v) is 11.8. The van der Waals surface area contributed by atoms with Gasteiger partial charge >= 0.3 is 0 Å². The first-order chi connectivity index (χ1) is 14.7. The Hall–Kier alpha value is -2.13. The molecule has 2 aromatic carbocycles. The van der Waals surface area contributed by atoms with Crippen molar-refractivity contribution < 1.29 is 4.79 Å². The van der Waals surface area contributed by atoms with Gasteiger partial charge in [-0.1, -0.05) is 80.4 Å². The van der Waals surface area contributed by atoms with Gasteiger partial charge in [0.25, 0.3) is 0 Å². The minimum Gasteiger partial charge on any atom is -0.343 e. The number of likely N-dealkylation sites (tertiary alicyclic amines) is 1. The lowest BCUT2D eigenvalue weighted by molar-refractivity contribution is -0.133. The fraction of sp³-hybridized carbons (Fsp3) is 0.519. The molecule has 0 unspecified atom stereocenters. The molecule has 3 heteroatoms. The summed E-state index contributed by atoms with van der Waals surface area (Å²) in [5.74, 6) is 0.767. The molecule has 0 bridgehead atoms. The molecule has 2 aromatic rings. The number of rotatable bonds is 10. The van der Waals surface area contributed by atoms with Crippen LogP contribution in [0.2, 0.25) is 0 Å². The molecule has 1 amide bonds. The van der Waals surface area contributed by atoms with E-state index in [0.717, 1.165) is 51.7 Å². The summed E-state index contributed by atoms with van der Waals surface area (Å²) in [6, 6.07) is 22.2. The molecule has 3 nitrogen and oxygen atoms in total. The molecule has 1 fully saturated rings. The van der Waals surface area contributed by atoms with Crippen LogP contribution in [0.5, 0.6) is 0 Å². The van der Waals surface area contributed by atoms with Gasteiger partial charge in [-0.15, -0.1) is 0 Å². The van der Waals surface area contributed by atoms with E-state index in [9.17, 15) is 4.79 Å². The van der Waals surface area contributed by atoms with Crippen LogP contribution in [0, 0.1) is 0 Å². The van der Waals surface area contributed by atoms with Crippen molar-refractivity contribution in [2.24, 2.45) is 0 Å². The Labute approximate surface area is 183 Å². The van der Waals surface area contributed by atoms with Gasteiger partial charge in [-0.2, -0.15) is 0 Å². The van der Waals surface area contributed by atoms with Gasteiger partial charge in [0.2, 0.25) is 5.91 Å². The summed E-state index contributed by atoms with van der Waals surface area (Å²) in [4.78, 5) is 17.1. The minimum absolute atomic E-state index is 0.329. The second kappa shape index (κ2) is 11.9. The number of piperidine rings is 1. The molecule has 0 atom stereocenters. The number of hydrogen-bond acceptors (Lipinski definition) is 2. The van der Waals surface area contributed by atoms with Crippen LogP contribution in [0.1, 0.15) is 68.9 Å². The smallest absolute Gasteiger partial charge is 0.222 e. The average molecular weight is 407 g/mol. The summed E-state index contributed by atoms with van der Waals surface area (Å²) in [7, 11) is 2.01. The van der Waals surface area contributed by atoms with Crippen LogP contribution in [0.4, 0.5) is 0 Å². The van der Waals surface area contributed by atoms with Gasteiger partial charge in [-0.3, -0.25) is 4.79 Å². The van der Waals surface area contributed by atoms with Crippen LogP contribution in [-0.2, 0) is 4.79 Å². The second-order valence-corrected chi connectivity index (χ2v) is 8.70. The highest BCUT2D eigenvalue weighted by Crippen LogP contribution is 2.29. The molecule has 1 aliphatic heterocycles. The minimum atomic E-state index is 0.329. The molecule has 30 heavy (non-hydrogen) atoms. The standard InChI is InChI=1S/C27H38N2O/c1-3-4-7-16-27(30)28(2)25-17-20-29(21-18-25)22-19-26(23-12-8-5-9-13-23)24-14-10-6-11-15-24/h5-6,8-15,25-26H,3-4,7,16-22H2,1-2H3. The zero-order valence-corrected chi connectivity index (χ0v) is 18.8. The largest absolute Gasteiger partial charge is 0.343 e. The van der Waals surface area contributed by atoms with Crippen molar-refractivity contribution in [2.75, 3.05) is 26.7 Å². The normalized spacial score (nSPS) is 15.4. The Kier molecular flexibility index (Phi) is 8.95. The van der Waals surface area contributed by atoms with Crippen LogP contribution >= 0.6 is 0 Å². The lowest BCUT2D eigenvalue weighted by Crippen LogP contribution is -2.45. The van der Waals surface area contributed by atoms with Gasteiger partial charge in [0.1, 0.15) is 0 Å². The average Bonchev–Trinajstić information content (AvgIpc) is 2.80. The van der Waals surface area contributed by atoms with E-state index in [-0.39, 0.29) is 0 Å². The third-order valence-corrected chi connectivity index (χ3v) is 6.63. The summed E-state index contributed by atoms with van der Waals surface area (Å²) < 4.78 is 0. The predicted octanol–water partition coefficient (Wildman–Crippen LogP) is 5.71. The lowest BCUT2D eigenvalue weighted by Gasteiger charge is -2.37. The summed E-state index contributed by atoms with van der Waals surface area (Å²) in [6.45, 7) is 5.47. The molecule has 0 saturated carbocycles. The highest BCUT2D eigenvalue weighted by molar-refractivity contribution is 5.76. The summed E-state index contributed by atoms with van der Waals surface area (Å²) >= 11 is 0. The van der Waals surface area contributed by atoms with Crippen LogP contribution < -0.4 is 0 Å². The van der Waals surface area contributed by atoms with E-state index in [0.29, 0.717) is 24.3 Å². The van der Waals surface area contributed by atoms with E-state index < -0.39 is 0 Å². The first-order valence-electron chi connectivity index (χ1n) is 11.8. The Balaban J connectivity index is 1.51. The molecule has 0 aliphatic carbocycles. The number of amides is 1. The quantitative estimate of drug-likeness (QED) is 0.472. The third kappa shape index (κ3) is 6.43. The molecule has 1 saturated heterocycles. The fourth-order valence-corrected chi connectivity index (χ4v) is 4.64. The van der Waals surface area contributed by atoms with Crippen LogP contribution in [0.25, 0.3) is 0 Å². The molecular weight excluding hydrogens is 368 g/mol. The molecule has 0 N–H and O–H groups in total. The highest BCUT2D eigenvalue weighted by Gasteiger charge is 2.25. The molecule has 3 rings (SSSR count). The summed E-state index contributed by atoms with van der Waals surface area (Å²) in [5.41, 5.74) is 2.80. The van der Waals surface area contributed by atoms with Crippen LogP contribution in [0.15, 0.2) is 60.7 Å². The zero-order chi connectivity index (χ0) is 21.2. The van der Waals surface area contributed by atoms with Gasteiger partial charge in [-0.05, 0) is 43.4 Å². The van der Waals surface area contributed by atoms with Crippen molar-refractivity contribution in [3.05, 3.63) is 71.8 Å². The van der Waals surface area contributed by atoms with E-state index in [1.807, 2.05) is 11.9 Å². The van der Waals surface area contributed by atoms with Crippen molar-refractivity contribution >= 4 is 5.91 Å². The zero-order valence-electron chi connectivity index (χ0n) is 18.8. The maximum absolute atomic E-state index is 12.4. The van der Waals surface area contributed by atoms with Crippen LogP contribution in [-0.4, -0.2) is 48.4 Å². The van der Waals surface area contributed by atoms with Crippen molar-refractivity contribution in [3.8, 4) is 0 Å². The van der Waals surface area contributed by atoms with Gasteiger partial charge in [0.05, 0.1) is 0 Å². The van der Waals surface area contributed by atoms with E-state index in [2.05, 4.69) is 72.5 Å². The maximum Gasteiger partial charge on any atom is 0.222 e. The van der Waals surface area contributed by atoms with E-state index in [1.165, 1.54) is 17.5 Å². The van der Waals surface area contributed by atoms with Crippen molar-refractivity contribution in [1.29, 1.82) is 0 Å². The topological polar surface area (TPSA) is 23.6 Å². The number of hydrogen-bond donors (Lipinski definition) is 0. The summed E-state index contributed by atoms with van der Waals surface area (Å²) in [5, 5.41) is 0. The summed E-state index contributed by atoms with van der Waals surface area (Å²) in [6.07, 6.45) is 7.38. The first kappa shape index (κ1) is 22.6. The lowest BCUT2D eigenvalue weighted by atomic mass is 9.88. The Morgan fingerprint density at radius 2 is 1.53 bits per heavy atom. The third-order valence-electron chi connectivity index (χ3n) is 6.63. The van der Waals surface area contributed by atoms with Gasteiger partial charge in [0, 0.05) is 38.5 Å². The molecule has 1 aliphatic rings. The molecule has 0 spiro atoms. The predicted molar refractivity (Wildman–Crippen MR) is 126 cm³/mol. The molecule has 0 radical (unpaired) electrons. The van der Waals surface area contributed by atoms with Crippen molar-refractivity contribution in [1.82, 2.24) is 9.80 Å². The maximum atomic E-state index is 12.4. The molecule has 162 valence electrons. The molecule has 0 aromatic heterocycles. The number of nitrogens with zero attached hydrogens (tertiary/aromatic N) is 2. The monoisotopic (exact) mass is 406 g/mol. The number of unbranched alkanes of at least 4 members (excludes halogenated alkanes) is 2. The Bertz CT molecular complexity index is 698. The van der Waals surface area contributed by atoms with E-state index >= 15 is 0 Å². The number of benzene rings is 2. The Morgan fingerprint density at radius 1 is 0.967 bits per heavy atom. The number of carbonyl (C=O) groups is 1. The Morgan fingerprint density at radius 3 is 2.07 bits per heavy atom. The fourth-order valence-electron chi connectivity index (χ4n) is 4.64.